The van der Waals surface area contributed by atoms with Crippen molar-refractivity contribution in [3.05, 3.63) is 35.4 Å². The molecule has 1 aliphatic rings. The van der Waals surface area contributed by atoms with E-state index in [2.05, 4.69) is 29.6 Å². The zero-order valence-electron chi connectivity index (χ0n) is 11.8. The molecule has 0 saturated heterocycles. The molecule has 1 saturated carbocycles. The van der Waals surface area contributed by atoms with Crippen molar-refractivity contribution in [1.29, 1.82) is 0 Å². The molecule has 1 aliphatic carbocycles. The zero-order valence-corrected chi connectivity index (χ0v) is 11.8. The predicted molar refractivity (Wildman–Crippen MR) is 76.4 cm³/mol. The minimum absolute atomic E-state index is 0.000798. The van der Waals surface area contributed by atoms with Gasteiger partial charge in [-0.1, -0.05) is 29.8 Å². The summed E-state index contributed by atoms with van der Waals surface area (Å²) >= 11 is 0. The lowest BCUT2D eigenvalue weighted by molar-refractivity contribution is -0.141. The molecule has 0 radical (unpaired) electrons. The third kappa shape index (κ3) is 3.83. The van der Waals surface area contributed by atoms with Crippen LogP contribution in [-0.2, 0) is 16.0 Å². The Labute approximate surface area is 119 Å². The molecule has 2 atom stereocenters. The summed E-state index contributed by atoms with van der Waals surface area (Å²) in [5.41, 5.74) is 2.43. The molecule has 2 rings (SSSR count). The van der Waals surface area contributed by atoms with Crippen molar-refractivity contribution in [2.75, 3.05) is 6.54 Å². The van der Waals surface area contributed by atoms with Crippen LogP contribution in [0.25, 0.3) is 0 Å². The Morgan fingerprint density at radius 3 is 2.45 bits per heavy atom. The average Bonchev–Trinajstić information content (AvgIpc) is 2.91. The lowest BCUT2D eigenvalue weighted by Crippen LogP contribution is -2.31. The maximum absolute atomic E-state index is 12.0. The number of benzene rings is 1. The second kappa shape index (κ2) is 6.55. The quantitative estimate of drug-likeness (QED) is 0.865. The highest BCUT2D eigenvalue weighted by atomic mass is 16.4. The summed E-state index contributed by atoms with van der Waals surface area (Å²) in [5.74, 6) is -1.25. The molecule has 108 valence electrons. The van der Waals surface area contributed by atoms with Crippen LogP contribution in [0.15, 0.2) is 24.3 Å². The number of carbonyl (C=O) groups is 2. The number of nitrogens with one attached hydrogen (secondary N) is 1. The minimum atomic E-state index is -0.778. The van der Waals surface area contributed by atoms with Gasteiger partial charge in [0, 0.05) is 12.5 Å². The first kappa shape index (κ1) is 14.6. The monoisotopic (exact) mass is 275 g/mol. The van der Waals surface area contributed by atoms with Gasteiger partial charge in [0.15, 0.2) is 0 Å². The van der Waals surface area contributed by atoms with E-state index in [9.17, 15) is 9.59 Å². The highest BCUT2D eigenvalue weighted by molar-refractivity contribution is 5.80. The molecule has 0 unspecified atom stereocenters. The summed E-state index contributed by atoms with van der Waals surface area (Å²) < 4.78 is 0. The smallest absolute Gasteiger partial charge is 0.306 e. The van der Waals surface area contributed by atoms with Gasteiger partial charge in [0.1, 0.15) is 0 Å². The second-order valence-electron chi connectivity index (χ2n) is 5.57. The molecule has 4 heteroatoms. The number of hydrogen-bond donors (Lipinski definition) is 2. The van der Waals surface area contributed by atoms with Crippen LogP contribution >= 0.6 is 0 Å². The molecular formula is C16H21NO3. The number of amides is 1. The molecule has 1 aromatic carbocycles. The van der Waals surface area contributed by atoms with Crippen LogP contribution < -0.4 is 5.32 Å². The van der Waals surface area contributed by atoms with Gasteiger partial charge in [-0.2, -0.15) is 0 Å². The maximum Gasteiger partial charge on any atom is 0.306 e. The summed E-state index contributed by atoms with van der Waals surface area (Å²) in [6.45, 7) is 2.65. The van der Waals surface area contributed by atoms with Gasteiger partial charge in [0.25, 0.3) is 0 Å². The molecular weight excluding hydrogens is 254 g/mol. The van der Waals surface area contributed by atoms with E-state index < -0.39 is 5.97 Å². The van der Waals surface area contributed by atoms with Gasteiger partial charge in [-0.25, -0.2) is 0 Å². The first-order valence-electron chi connectivity index (χ1n) is 7.12. The van der Waals surface area contributed by atoms with Crippen LogP contribution in [0.1, 0.15) is 30.4 Å². The summed E-state index contributed by atoms with van der Waals surface area (Å²) in [6.07, 6.45) is 2.59. The van der Waals surface area contributed by atoms with E-state index in [1.165, 1.54) is 11.1 Å². The third-order valence-electron chi connectivity index (χ3n) is 3.99. The summed E-state index contributed by atoms with van der Waals surface area (Å²) in [7, 11) is 0. The Balaban J connectivity index is 1.73. The molecule has 0 bridgehead atoms. The fourth-order valence-electron chi connectivity index (χ4n) is 2.67. The number of carbonyl (C=O) groups excluding carboxylic acids is 1. The van der Waals surface area contributed by atoms with Gasteiger partial charge in [0.05, 0.1) is 5.92 Å². The van der Waals surface area contributed by atoms with Gasteiger partial charge < -0.3 is 10.4 Å². The highest BCUT2D eigenvalue weighted by Gasteiger charge is 2.33. The van der Waals surface area contributed by atoms with E-state index in [1.807, 2.05) is 6.92 Å². The Morgan fingerprint density at radius 2 is 1.85 bits per heavy atom. The van der Waals surface area contributed by atoms with Crippen LogP contribution in [0.5, 0.6) is 0 Å². The minimum Gasteiger partial charge on any atom is -0.481 e. The highest BCUT2D eigenvalue weighted by Crippen LogP contribution is 2.31. The van der Waals surface area contributed by atoms with Gasteiger partial charge in [-0.05, 0) is 38.2 Å². The Kier molecular flexibility index (Phi) is 4.77. The Hall–Kier alpha value is -1.84. The molecule has 0 heterocycles. The number of hydrogen-bond acceptors (Lipinski definition) is 2. The summed E-state index contributed by atoms with van der Waals surface area (Å²) in [6, 6.07) is 8.26. The van der Waals surface area contributed by atoms with Crippen molar-refractivity contribution in [3.8, 4) is 0 Å². The third-order valence-corrected chi connectivity index (χ3v) is 3.99. The van der Waals surface area contributed by atoms with E-state index in [0.29, 0.717) is 25.8 Å². The summed E-state index contributed by atoms with van der Waals surface area (Å²) in [5, 5.41) is 11.8. The molecule has 2 N–H and O–H groups in total. The first-order chi connectivity index (χ1) is 9.56. The Morgan fingerprint density at radius 1 is 1.20 bits per heavy atom. The lowest BCUT2D eigenvalue weighted by Gasteiger charge is -2.10. The van der Waals surface area contributed by atoms with Crippen molar-refractivity contribution in [1.82, 2.24) is 5.32 Å². The van der Waals surface area contributed by atoms with E-state index in [4.69, 9.17) is 5.11 Å². The molecule has 20 heavy (non-hydrogen) atoms. The fraction of sp³-hybridized carbons (Fsp3) is 0.500. The average molecular weight is 275 g/mol. The lowest BCUT2D eigenvalue weighted by atomic mass is 10.0. The topological polar surface area (TPSA) is 66.4 Å². The largest absolute Gasteiger partial charge is 0.481 e. The molecule has 4 nitrogen and oxygen atoms in total. The van der Waals surface area contributed by atoms with Gasteiger partial charge in [-0.15, -0.1) is 0 Å². The summed E-state index contributed by atoms with van der Waals surface area (Å²) in [4.78, 5) is 22.8. The van der Waals surface area contributed by atoms with Crippen LogP contribution in [0.2, 0.25) is 0 Å². The normalized spacial score (nSPS) is 21.6. The molecule has 1 fully saturated rings. The second-order valence-corrected chi connectivity index (χ2v) is 5.57. The SMILES string of the molecule is Cc1ccc(CCNC(=O)[C@@H]2CC[C@H](C(=O)O)C2)cc1. The van der Waals surface area contributed by atoms with E-state index in [-0.39, 0.29) is 17.7 Å². The molecule has 0 aliphatic heterocycles. The molecule has 0 aromatic heterocycles. The number of carboxylic acids is 1. The number of carboxylic acid groups (broad SMARTS) is 1. The van der Waals surface area contributed by atoms with Crippen molar-refractivity contribution in [2.45, 2.75) is 32.6 Å². The maximum atomic E-state index is 12.0. The predicted octanol–water partition coefficient (Wildman–Crippen LogP) is 2.15. The number of aryl methyl sites for hydroxylation is 1. The first-order valence-corrected chi connectivity index (χ1v) is 7.12. The number of aliphatic carboxylic acids is 1. The molecule has 0 spiro atoms. The van der Waals surface area contributed by atoms with E-state index in [0.717, 1.165) is 6.42 Å². The van der Waals surface area contributed by atoms with Gasteiger partial charge in [-0.3, -0.25) is 9.59 Å². The Bertz CT molecular complexity index is 481. The zero-order chi connectivity index (χ0) is 14.5. The van der Waals surface area contributed by atoms with Crippen molar-refractivity contribution in [2.24, 2.45) is 11.8 Å². The van der Waals surface area contributed by atoms with Crippen LogP contribution in [-0.4, -0.2) is 23.5 Å². The van der Waals surface area contributed by atoms with Gasteiger partial charge in [0.2, 0.25) is 5.91 Å². The fourth-order valence-corrected chi connectivity index (χ4v) is 2.67. The van der Waals surface area contributed by atoms with E-state index in [1.54, 1.807) is 0 Å². The number of rotatable bonds is 5. The van der Waals surface area contributed by atoms with Crippen molar-refractivity contribution < 1.29 is 14.7 Å². The molecule has 1 aromatic rings. The van der Waals surface area contributed by atoms with Gasteiger partial charge >= 0.3 is 5.97 Å². The van der Waals surface area contributed by atoms with Crippen LogP contribution in [0, 0.1) is 18.8 Å². The standard InChI is InChI=1S/C16H21NO3/c1-11-2-4-12(5-3-11)8-9-17-15(18)13-6-7-14(10-13)16(19)20/h2-5,13-14H,6-10H2,1H3,(H,17,18)(H,19,20)/t13-,14+/m1/s1. The molecule has 1 amide bonds. The van der Waals surface area contributed by atoms with Crippen LogP contribution in [0.4, 0.5) is 0 Å². The van der Waals surface area contributed by atoms with Crippen LogP contribution in [0.3, 0.4) is 0 Å². The van der Waals surface area contributed by atoms with Crippen molar-refractivity contribution in [3.63, 3.8) is 0 Å². The van der Waals surface area contributed by atoms with Crippen molar-refractivity contribution >= 4 is 11.9 Å². The van der Waals surface area contributed by atoms with E-state index >= 15 is 0 Å².